The molecule has 6 nitrogen and oxygen atoms in total. The maximum absolute atomic E-state index is 14.0. The second kappa shape index (κ2) is 8.84. The largest absolute Gasteiger partial charge is 0.338 e. The smallest absolute Gasteiger partial charge is 0.286 e. The fraction of sp³-hybridized carbons (Fsp3) is 0.238. The van der Waals surface area contributed by atoms with Gasteiger partial charge in [-0.3, -0.25) is 9.59 Å². The molecule has 0 radical (unpaired) electrons. The number of nitrogens with zero attached hydrogens (tertiary/aromatic N) is 3. The van der Waals surface area contributed by atoms with Crippen LogP contribution in [0.25, 0.3) is 0 Å². The van der Waals surface area contributed by atoms with Crippen molar-refractivity contribution in [3.8, 4) is 0 Å². The van der Waals surface area contributed by atoms with Crippen molar-refractivity contribution in [2.24, 2.45) is 0 Å². The Kier molecular flexibility index (Phi) is 5.99. The van der Waals surface area contributed by atoms with Crippen molar-refractivity contribution in [2.75, 3.05) is 18.4 Å². The number of anilines is 1. The molecule has 10 heteroatoms. The molecule has 0 aliphatic carbocycles. The summed E-state index contributed by atoms with van der Waals surface area (Å²) in [5.41, 5.74) is -0.279. The number of hydrogen-bond donors (Lipinski definition) is 1. The second-order valence-electron chi connectivity index (χ2n) is 7.10. The van der Waals surface area contributed by atoms with Gasteiger partial charge in [0, 0.05) is 24.7 Å². The first-order valence-electron chi connectivity index (χ1n) is 9.56. The van der Waals surface area contributed by atoms with E-state index in [-0.39, 0.29) is 17.5 Å². The van der Waals surface area contributed by atoms with Gasteiger partial charge in [-0.25, -0.2) is 13.2 Å². The average Bonchev–Trinajstić information content (AvgIpc) is 3.24. The topological polar surface area (TPSA) is 75.2 Å². The van der Waals surface area contributed by atoms with Gasteiger partial charge < -0.3 is 10.2 Å². The average molecular weight is 446 g/mol. The molecular formula is C21H17F3N4O2S. The first-order chi connectivity index (χ1) is 14.9. The van der Waals surface area contributed by atoms with Crippen LogP contribution >= 0.6 is 11.3 Å². The van der Waals surface area contributed by atoms with Gasteiger partial charge in [-0.1, -0.05) is 23.5 Å². The van der Waals surface area contributed by atoms with Crippen molar-refractivity contribution in [1.82, 2.24) is 15.1 Å². The molecule has 1 atom stereocenters. The fourth-order valence-corrected chi connectivity index (χ4v) is 4.33. The minimum absolute atomic E-state index is 0.0999. The third-order valence-electron chi connectivity index (χ3n) is 4.95. The summed E-state index contributed by atoms with van der Waals surface area (Å²) in [6.07, 6.45) is 1.32. The zero-order valence-electron chi connectivity index (χ0n) is 16.1. The normalized spacial score (nSPS) is 16.2. The summed E-state index contributed by atoms with van der Waals surface area (Å²) < 4.78 is 41.3. The van der Waals surface area contributed by atoms with Crippen LogP contribution in [0.3, 0.4) is 0 Å². The number of hydrogen-bond acceptors (Lipinski definition) is 5. The van der Waals surface area contributed by atoms with E-state index in [1.807, 2.05) is 0 Å². The zero-order chi connectivity index (χ0) is 22.0. The molecule has 4 rings (SSSR count). The molecule has 1 aliphatic heterocycles. The van der Waals surface area contributed by atoms with Crippen LogP contribution in [-0.2, 0) is 0 Å². The molecule has 0 bridgehead atoms. The van der Waals surface area contributed by atoms with Crippen molar-refractivity contribution >= 4 is 28.8 Å². The minimum atomic E-state index is -0.903. The predicted octanol–water partition coefficient (Wildman–Crippen LogP) is 4.23. The number of nitrogens with one attached hydrogen (secondary N) is 1. The minimum Gasteiger partial charge on any atom is -0.338 e. The highest BCUT2D eigenvalue weighted by molar-refractivity contribution is 7.13. The summed E-state index contributed by atoms with van der Waals surface area (Å²) in [6, 6.07) is 8.78. The molecule has 1 aromatic heterocycles. The van der Waals surface area contributed by atoms with Crippen molar-refractivity contribution in [3.63, 3.8) is 0 Å². The van der Waals surface area contributed by atoms with E-state index in [2.05, 4.69) is 15.5 Å². The molecule has 0 unspecified atom stereocenters. The predicted molar refractivity (Wildman–Crippen MR) is 108 cm³/mol. The van der Waals surface area contributed by atoms with Gasteiger partial charge in [0.25, 0.3) is 11.8 Å². The SMILES string of the molecule is O=C(Nc1cccc(F)c1)c1nnc([C@H]2CCCN(C(=O)c3c(F)cccc3F)C2)s1. The number of amides is 2. The van der Waals surface area contributed by atoms with Gasteiger partial charge in [0.2, 0.25) is 5.01 Å². The van der Waals surface area contributed by atoms with Crippen molar-refractivity contribution in [1.29, 1.82) is 0 Å². The number of halogens is 3. The Morgan fingerprint density at radius 2 is 1.81 bits per heavy atom. The van der Waals surface area contributed by atoms with E-state index >= 15 is 0 Å². The van der Waals surface area contributed by atoms with Gasteiger partial charge in [0.1, 0.15) is 28.0 Å². The standard InChI is InChI=1S/C21H17F3N4O2S/c22-13-5-1-6-14(10-13)25-18(29)20-27-26-19(31-20)12-4-3-9-28(11-12)21(30)17-15(23)7-2-8-16(17)24/h1-2,5-8,10,12H,3-4,9,11H2,(H,25,29)/t12-/m0/s1. The van der Waals surface area contributed by atoms with Crippen LogP contribution in [0.2, 0.25) is 0 Å². The zero-order valence-corrected chi connectivity index (χ0v) is 17.0. The van der Waals surface area contributed by atoms with Gasteiger partial charge in [-0.2, -0.15) is 0 Å². The molecule has 2 amide bonds. The first kappa shape index (κ1) is 21.0. The molecule has 160 valence electrons. The number of likely N-dealkylation sites (tertiary alicyclic amines) is 1. The van der Waals surface area contributed by atoms with Crippen LogP contribution in [0.1, 0.15) is 43.9 Å². The third-order valence-corrected chi connectivity index (χ3v) is 6.04. The van der Waals surface area contributed by atoms with Crippen molar-refractivity contribution < 1.29 is 22.8 Å². The number of piperidine rings is 1. The van der Waals surface area contributed by atoms with Gasteiger partial charge in [0.15, 0.2) is 0 Å². The number of benzene rings is 2. The van der Waals surface area contributed by atoms with Crippen LogP contribution in [0.15, 0.2) is 42.5 Å². The highest BCUT2D eigenvalue weighted by atomic mass is 32.1. The summed E-state index contributed by atoms with van der Waals surface area (Å²) in [5.74, 6) is -3.73. The molecule has 1 aliphatic rings. The first-order valence-corrected chi connectivity index (χ1v) is 10.4. The Morgan fingerprint density at radius 1 is 1.06 bits per heavy atom. The summed E-state index contributed by atoms with van der Waals surface area (Å²) in [4.78, 5) is 26.5. The summed E-state index contributed by atoms with van der Waals surface area (Å²) in [7, 11) is 0. The Hall–Kier alpha value is -3.27. The maximum Gasteiger partial charge on any atom is 0.286 e. The molecule has 3 aromatic rings. The number of carbonyl (C=O) groups is 2. The Bertz CT molecular complexity index is 1120. The van der Waals surface area contributed by atoms with Gasteiger partial charge >= 0.3 is 0 Å². The van der Waals surface area contributed by atoms with E-state index in [0.29, 0.717) is 30.1 Å². The fourth-order valence-electron chi connectivity index (χ4n) is 3.47. The highest BCUT2D eigenvalue weighted by Gasteiger charge is 2.31. The van der Waals surface area contributed by atoms with Gasteiger partial charge in [-0.15, -0.1) is 10.2 Å². The Morgan fingerprint density at radius 3 is 2.55 bits per heavy atom. The molecular weight excluding hydrogens is 429 g/mol. The van der Waals surface area contributed by atoms with E-state index in [1.165, 1.54) is 29.2 Å². The maximum atomic E-state index is 14.0. The molecule has 2 aromatic carbocycles. The van der Waals surface area contributed by atoms with Crippen LogP contribution in [0.5, 0.6) is 0 Å². The van der Waals surface area contributed by atoms with E-state index in [1.54, 1.807) is 6.07 Å². The van der Waals surface area contributed by atoms with Gasteiger partial charge in [0.05, 0.1) is 0 Å². The Labute approximate surface area is 179 Å². The van der Waals surface area contributed by atoms with Crippen LogP contribution in [0.4, 0.5) is 18.9 Å². The van der Waals surface area contributed by atoms with E-state index in [9.17, 15) is 22.8 Å². The number of rotatable bonds is 4. The van der Waals surface area contributed by atoms with Crippen LogP contribution in [0, 0.1) is 17.5 Å². The van der Waals surface area contributed by atoms with Crippen LogP contribution < -0.4 is 5.32 Å². The molecule has 1 saturated heterocycles. The molecule has 0 spiro atoms. The monoisotopic (exact) mass is 446 g/mol. The lowest BCUT2D eigenvalue weighted by atomic mass is 9.98. The highest BCUT2D eigenvalue weighted by Crippen LogP contribution is 2.30. The van der Waals surface area contributed by atoms with Gasteiger partial charge in [-0.05, 0) is 43.2 Å². The third kappa shape index (κ3) is 4.58. The van der Waals surface area contributed by atoms with E-state index < -0.39 is 34.8 Å². The van der Waals surface area contributed by atoms with E-state index in [0.717, 1.165) is 23.5 Å². The molecule has 31 heavy (non-hydrogen) atoms. The number of carbonyl (C=O) groups excluding carboxylic acids is 2. The second-order valence-corrected chi connectivity index (χ2v) is 8.11. The van der Waals surface area contributed by atoms with E-state index in [4.69, 9.17) is 0 Å². The summed E-state index contributed by atoms with van der Waals surface area (Å²) >= 11 is 1.07. The van der Waals surface area contributed by atoms with Crippen molar-refractivity contribution in [2.45, 2.75) is 18.8 Å². The van der Waals surface area contributed by atoms with Crippen molar-refractivity contribution in [3.05, 3.63) is 75.5 Å². The lowest BCUT2D eigenvalue weighted by molar-refractivity contribution is 0.0696. The summed E-state index contributed by atoms with van der Waals surface area (Å²) in [5, 5.41) is 11.2. The Balaban J connectivity index is 1.46. The molecule has 2 heterocycles. The lowest BCUT2D eigenvalue weighted by Crippen LogP contribution is -2.39. The summed E-state index contributed by atoms with van der Waals surface area (Å²) in [6.45, 7) is 0.585. The molecule has 1 fully saturated rings. The number of aromatic nitrogens is 2. The quantitative estimate of drug-likeness (QED) is 0.651. The molecule has 1 N–H and O–H groups in total. The van der Waals surface area contributed by atoms with Crippen LogP contribution in [-0.4, -0.2) is 40.0 Å². The lowest BCUT2D eigenvalue weighted by Gasteiger charge is -2.31. The molecule has 0 saturated carbocycles.